The molecule has 1 aromatic carbocycles. The van der Waals surface area contributed by atoms with E-state index in [0.717, 1.165) is 11.1 Å². The third kappa shape index (κ3) is 3.75. The Morgan fingerprint density at radius 3 is 2.12 bits per heavy atom. The second-order valence-corrected chi connectivity index (χ2v) is 5.99. The summed E-state index contributed by atoms with van der Waals surface area (Å²) in [6.45, 7) is 0.338. The first kappa shape index (κ1) is 17.7. The number of primary amides is 1. The van der Waals surface area contributed by atoms with Crippen molar-refractivity contribution < 1.29 is 9.18 Å². The minimum atomic E-state index is -1.39. The van der Waals surface area contributed by atoms with Crippen molar-refractivity contribution in [2.24, 2.45) is 5.73 Å². The van der Waals surface area contributed by atoms with Crippen molar-refractivity contribution in [3.63, 3.8) is 0 Å². The number of hydrogen-bond donors (Lipinski definition) is 2. The fraction of sp³-hybridized carbons (Fsp3) is 0.150. The molecule has 5 nitrogen and oxygen atoms in total. The van der Waals surface area contributed by atoms with Gasteiger partial charge in [-0.05, 0) is 41.5 Å². The lowest BCUT2D eigenvalue weighted by Crippen LogP contribution is -2.54. The van der Waals surface area contributed by atoms with Gasteiger partial charge in [-0.1, -0.05) is 18.2 Å². The number of halogens is 1. The average molecular weight is 350 g/mol. The Hall–Kier alpha value is -3.12. The number of carbonyl (C=O) groups excluding carboxylic acids is 1. The molecule has 0 saturated carbocycles. The molecule has 0 bridgehead atoms. The van der Waals surface area contributed by atoms with Gasteiger partial charge >= 0.3 is 0 Å². The Bertz CT molecular complexity index is 873. The SMILES string of the molecule is NC(=O)C(Cc1ccncc1)(NCc1ccncc1)c1ccccc1F. The number of aromatic nitrogens is 2. The molecule has 3 aromatic rings. The van der Waals surface area contributed by atoms with Gasteiger partial charge in [-0.3, -0.25) is 20.1 Å². The van der Waals surface area contributed by atoms with Gasteiger partial charge in [-0.2, -0.15) is 0 Å². The molecule has 0 aliphatic carbocycles. The Labute approximate surface area is 151 Å². The summed E-state index contributed by atoms with van der Waals surface area (Å²) in [6, 6.07) is 13.4. The monoisotopic (exact) mass is 350 g/mol. The molecule has 26 heavy (non-hydrogen) atoms. The Balaban J connectivity index is 2.03. The van der Waals surface area contributed by atoms with Crippen LogP contribution in [0.2, 0.25) is 0 Å². The van der Waals surface area contributed by atoms with Crippen molar-refractivity contribution in [1.29, 1.82) is 0 Å². The zero-order chi connectivity index (χ0) is 18.4. The number of benzene rings is 1. The molecule has 1 amide bonds. The number of rotatable bonds is 7. The van der Waals surface area contributed by atoms with Crippen molar-refractivity contribution in [3.05, 3.63) is 95.8 Å². The number of pyridine rings is 2. The van der Waals surface area contributed by atoms with Gasteiger partial charge in [-0.15, -0.1) is 0 Å². The number of hydrogen-bond acceptors (Lipinski definition) is 4. The Morgan fingerprint density at radius 1 is 0.962 bits per heavy atom. The first-order valence-corrected chi connectivity index (χ1v) is 8.19. The molecular weight excluding hydrogens is 331 g/mol. The van der Waals surface area contributed by atoms with Crippen LogP contribution in [-0.2, 0) is 23.3 Å². The minimum absolute atomic E-state index is 0.205. The third-order valence-electron chi connectivity index (χ3n) is 4.32. The van der Waals surface area contributed by atoms with Gasteiger partial charge in [0.15, 0.2) is 0 Å². The number of carbonyl (C=O) groups is 1. The zero-order valence-corrected chi connectivity index (χ0v) is 14.1. The quantitative estimate of drug-likeness (QED) is 0.685. The molecule has 3 N–H and O–H groups in total. The zero-order valence-electron chi connectivity index (χ0n) is 14.1. The molecule has 0 aliphatic rings. The molecule has 2 aromatic heterocycles. The predicted octanol–water partition coefficient (Wildman–Crippen LogP) is 2.33. The summed E-state index contributed by atoms with van der Waals surface area (Å²) in [5.74, 6) is -1.13. The second kappa shape index (κ2) is 7.84. The van der Waals surface area contributed by atoms with Gasteiger partial charge in [0.05, 0.1) is 0 Å². The van der Waals surface area contributed by atoms with E-state index in [2.05, 4.69) is 15.3 Å². The lowest BCUT2D eigenvalue weighted by molar-refractivity contribution is -0.125. The van der Waals surface area contributed by atoms with Gasteiger partial charge in [0, 0.05) is 43.3 Å². The summed E-state index contributed by atoms with van der Waals surface area (Å²) in [7, 11) is 0. The lowest BCUT2D eigenvalue weighted by Gasteiger charge is -2.33. The fourth-order valence-electron chi connectivity index (χ4n) is 2.93. The van der Waals surface area contributed by atoms with Crippen LogP contribution in [-0.4, -0.2) is 15.9 Å². The van der Waals surface area contributed by atoms with Crippen LogP contribution in [0, 0.1) is 5.82 Å². The molecule has 0 radical (unpaired) electrons. The van der Waals surface area contributed by atoms with Crippen molar-refractivity contribution in [2.45, 2.75) is 18.5 Å². The van der Waals surface area contributed by atoms with E-state index in [1.807, 2.05) is 12.1 Å². The van der Waals surface area contributed by atoms with E-state index in [4.69, 9.17) is 5.73 Å². The van der Waals surface area contributed by atoms with E-state index in [-0.39, 0.29) is 12.0 Å². The highest BCUT2D eigenvalue weighted by Crippen LogP contribution is 2.28. The Morgan fingerprint density at radius 2 is 1.54 bits per heavy atom. The summed E-state index contributed by atoms with van der Waals surface area (Å²) < 4.78 is 14.6. The molecule has 0 aliphatic heterocycles. The van der Waals surface area contributed by atoms with Crippen molar-refractivity contribution in [1.82, 2.24) is 15.3 Å². The maximum atomic E-state index is 14.6. The number of nitrogens with two attached hydrogens (primary N) is 1. The minimum Gasteiger partial charge on any atom is -0.368 e. The maximum absolute atomic E-state index is 14.6. The standard InChI is InChI=1S/C20H19FN4O/c21-18-4-2-1-3-17(18)20(19(22)26,13-15-5-9-23-10-6-15)25-14-16-7-11-24-12-8-16/h1-12,25H,13-14H2,(H2,22,26). The van der Waals surface area contributed by atoms with E-state index >= 15 is 0 Å². The van der Waals surface area contributed by atoms with Gasteiger partial charge in [0.25, 0.3) is 0 Å². The molecule has 2 heterocycles. The van der Waals surface area contributed by atoms with Crippen LogP contribution >= 0.6 is 0 Å². The van der Waals surface area contributed by atoms with Crippen LogP contribution in [0.4, 0.5) is 4.39 Å². The molecular formula is C20H19FN4O. The summed E-state index contributed by atoms with van der Waals surface area (Å²) >= 11 is 0. The van der Waals surface area contributed by atoms with E-state index in [0.29, 0.717) is 6.54 Å². The number of nitrogens with one attached hydrogen (secondary N) is 1. The van der Waals surface area contributed by atoms with Crippen molar-refractivity contribution in [3.8, 4) is 0 Å². The topological polar surface area (TPSA) is 80.9 Å². The highest BCUT2D eigenvalue weighted by atomic mass is 19.1. The van der Waals surface area contributed by atoms with Gasteiger partial charge < -0.3 is 5.73 Å². The molecule has 1 atom stereocenters. The molecule has 0 spiro atoms. The molecule has 6 heteroatoms. The lowest BCUT2D eigenvalue weighted by atomic mass is 9.82. The maximum Gasteiger partial charge on any atom is 0.242 e. The van der Waals surface area contributed by atoms with Gasteiger partial charge in [0.1, 0.15) is 11.4 Å². The van der Waals surface area contributed by atoms with Crippen molar-refractivity contribution in [2.75, 3.05) is 0 Å². The number of amides is 1. The van der Waals surface area contributed by atoms with Gasteiger partial charge in [0.2, 0.25) is 5.91 Å². The smallest absolute Gasteiger partial charge is 0.242 e. The fourth-order valence-corrected chi connectivity index (χ4v) is 2.93. The van der Waals surface area contributed by atoms with E-state index < -0.39 is 17.3 Å². The van der Waals surface area contributed by atoms with E-state index in [1.54, 1.807) is 55.1 Å². The van der Waals surface area contributed by atoms with E-state index in [9.17, 15) is 9.18 Å². The highest BCUT2D eigenvalue weighted by molar-refractivity contribution is 5.86. The van der Waals surface area contributed by atoms with Crippen LogP contribution in [0.3, 0.4) is 0 Å². The molecule has 0 saturated heterocycles. The molecule has 132 valence electrons. The summed E-state index contributed by atoms with van der Waals surface area (Å²) in [5.41, 5.74) is 6.35. The molecule has 3 rings (SSSR count). The van der Waals surface area contributed by atoms with Crippen LogP contribution in [0.1, 0.15) is 16.7 Å². The molecule has 0 fully saturated rings. The molecule has 1 unspecified atom stereocenters. The summed E-state index contributed by atoms with van der Waals surface area (Å²) in [4.78, 5) is 20.5. The largest absolute Gasteiger partial charge is 0.368 e. The first-order valence-electron chi connectivity index (χ1n) is 8.19. The summed E-state index contributed by atoms with van der Waals surface area (Å²) in [5, 5.41) is 3.19. The third-order valence-corrected chi connectivity index (χ3v) is 4.32. The van der Waals surface area contributed by atoms with Crippen LogP contribution in [0.25, 0.3) is 0 Å². The summed E-state index contributed by atoms with van der Waals surface area (Å²) in [6.07, 6.45) is 6.79. The average Bonchev–Trinajstić information content (AvgIpc) is 2.67. The van der Waals surface area contributed by atoms with Crippen LogP contribution in [0.5, 0.6) is 0 Å². The second-order valence-electron chi connectivity index (χ2n) is 5.99. The van der Waals surface area contributed by atoms with Crippen LogP contribution < -0.4 is 11.1 Å². The van der Waals surface area contributed by atoms with Gasteiger partial charge in [-0.25, -0.2) is 4.39 Å². The predicted molar refractivity (Wildman–Crippen MR) is 96.3 cm³/mol. The van der Waals surface area contributed by atoms with Crippen molar-refractivity contribution >= 4 is 5.91 Å². The van der Waals surface area contributed by atoms with E-state index in [1.165, 1.54) is 6.07 Å². The Kier molecular flexibility index (Phi) is 5.34. The first-order chi connectivity index (χ1) is 12.6. The van der Waals surface area contributed by atoms with Crippen LogP contribution in [0.15, 0.2) is 73.3 Å². The normalized spacial score (nSPS) is 13.1. The number of nitrogens with zero attached hydrogens (tertiary/aromatic N) is 2. The highest BCUT2D eigenvalue weighted by Gasteiger charge is 2.40.